The summed E-state index contributed by atoms with van der Waals surface area (Å²) in [5, 5.41) is 0. The highest BCUT2D eigenvalue weighted by atomic mass is 19.2. The Morgan fingerprint density at radius 2 is 1.95 bits per heavy atom. The standard InChI is InChI=1S/C16H19F2NO2/c1-16(2)6-5-15(21)19(8-7-16)10-14(20)11-3-4-12(17)13(18)9-11/h3-4,9H,5-8,10H2,1-2H3. The topological polar surface area (TPSA) is 37.4 Å². The van der Waals surface area contributed by atoms with Crippen molar-refractivity contribution in [2.75, 3.05) is 13.1 Å². The molecule has 0 N–H and O–H groups in total. The second kappa shape index (κ2) is 5.92. The molecule has 114 valence electrons. The van der Waals surface area contributed by atoms with Crippen molar-refractivity contribution in [1.82, 2.24) is 4.90 Å². The minimum Gasteiger partial charge on any atom is -0.335 e. The van der Waals surface area contributed by atoms with Crippen LogP contribution in [0.25, 0.3) is 0 Å². The number of halogens is 2. The summed E-state index contributed by atoms with van der Waals surface area (Å²) >= 11 is 0. The van der Waals surface area contributed by atoms with E-state index >= 15 is 0 Å². The Kier molecular flexibility index (Phi) is 4.40. The second-order valence-electron chi connectivity index (χ2n) is 6.28. The molecule has 5 heteroatoms. The van der Waals surface area contributed by atoms with Gasteiger partial charge in [-0.25, -0.2) is 8.78 Å². The summed E-state index contributed by atoms with van der Waals surface area (Å²) in [7, 11) is 0. The van der Waals surface area contributed by atoms with Gasteiger partial charge < -0.3 is 4.90 Å². The van der Waals surface area contributed by atoms with Crippen molar-refractivity contribution >= 4 is 11.7 Å². The molecule has 0 spiro atoms. The van der Waals surface area contributed by atoms with E-state index in [-0.39, 0.29) is 29.2 Å². The zero-order valence-corrected chi connectivity index (χ0v) is 12.3. The average Bonchev–Trinajstić information content (AvgIpc) is 2.55. The molecule has 21 heavy (non-hydrogen) atoms. The van der Waals surface area contributed by atoms with Crippen LogP contribution in [0.5, 0.6) is 0 Å². The lowest BCUT2D eigenvalue weighted by Crippen LogP contribution is -2.35. The Morgan fingerprint density at radius 3 is 2.62 bits per heavy atom. The van der Waals surface area contributed by atoms with Crippen LogP contribution in [0.4, 0.5) is 8.78 Å². The first kappa shape index (κ1) is 15.6. The highest BCUT2D eigenvalue weighted by Gasteiger charge is 2.28. The third kappa shape index (κ3) is 3.86. The van der Waals surface area contributed by atoms with Crippen molar-refractivity contribution < 1.29 is 18.4 Å². The number of likely N-dealkylation sites (tertiary alicyclic amines) is 1. The monoisotopic (exact) mass is 295 g/mol. The molecule has 1 amide bonds. The van der Waals surface area contributed by atoms with Crippen LogP contribution in [0.1, 0.15) is 43.5 Å². The van der Waals surface area contributed by atoms with Gasteiger partial charge in [-0.3, -0.25) is 9.59 Å². The molecule has 1 aliphatic rings. The highest BCUT2D eigenvalue weighted by Crippen LogP contribution is 2.30. The predicted octanol–water partition coefficient (Wildman–Crippen LogP) is 3.19. The van der Waals surface area contributed by atoms with Gasteiger partial charge in [0, 0.05) is 18.5 Å². The molecular formula is C16H19F2NO2. The van der Waals surface area contributed by atoms with Crippen molar-refractivity contribution in [1.29, 1.82) is 0 Å². The number of hydrogen-bond acceptors (Lipinski definition) is 2. The highest BCUT2D eigenvalue weighted by molar-refractivity contribution is 5.99. The molecule has 2 rings (SSSR count). The van der Waals surface area contributed by atoms with Gasteiger partial charge in [-0.15, -0.1) is 0 Å². The van der Waals surface area contributed by atoms with Crippen LogP contribution in [0.15, 0.2) is 18.2 Å². The molecular weight excluding hydrogens is 276 g/mol. The number of amides is 1. The van der Waals surface area contributed by atoms with Gasteiger partial charge in [-0.05, 0) is 36.5 Å². The van der Waals surface area contributed by atoms with Crippen molar-refractivity contribution in [2.24, 2.45) is 5.41 Å². The summed E-state index contributed by atoms with van der Waals surface area (Å²) in [6.45, 7) is 4.63. The first-order valence-electron chi connectivity index (χ1n) is 7.04. The smallest absolute Gasteiger partial charge is 0.222 e. The van der Waals surface area contributed by atoms with E-state index in [2.05, 4.69) is 13.8 Å². The van der Waals surface area contributed by atoms with Gasteiger partial charge in [-0.2, -0.15) is 0 Å². The summed E-state index contributed by atoms with van der Waals surface area (Å²) in [5.41, 5.74) is 0.167. The van der Waals surface area contributed by atoms with Crippen LogP contribution in [-0.2, 0) is 4.79 Å². The van der Waals surface area contributed by atoms with E-state index in [1.807, 2.05) is 0 Å². The number of ketones is 1. The fraction of sp³-hybridized carbons (Fsp3) is 0.500. The largest absolute Gasteiger partial charge is 0.335 e. The maximum Gasteiger partial charge on any atom is 0.222 e. The fourth-order valence-corrected chi connectivity index (χ4v) is 2.39. The predicted molar refractivity (Wildman–Crippen MR) is 74.9 cm³/mol. The van der Waals surface area contributed by atoms with Gasteiger partial charge >= 0.3 is 0 Å². The van der Waals surface area contributed by atoms with Gasteiger partial charge in [0.2, 0.25) is 5.91 Å². The number of benzene rings is 1. The molecule has 1 saturated heterocycles. The molecule has 0 unspecified atom stereocenters. The molecule has 1 fully saturated rings. The SMILES string of the molecule is CC1(C)CCC(=O)N(CC(=O)c2ccc(F)c(F)c2)CC1. The fourth-order valence-electron chi connectivity index (χ4n) is 2.39. The molecule has 1 aromatic rings. The van der Waals surface area contributed by atoms with Crippen LogP contribution in [-0.4, -0.2) is 29.7 Å². The normalized spacial score (nSPS) is 18.5. The lowest BCUT2D eigenvalue weighted by atomic mass is 9.85. The molecule has 0 aliphatic carbocycles. The summed E-state index contributed by atoms with van der Waals surface area (Å²) in [6, 6.07) is 3.05. The minimum absolute atomic E-state index is 0.0588. The third-order valence-electron chi connectivity index (χ3n) is 4.00. The lowest BCUT2D eigenvalue weighted by molar-refractivity contribution is -0.130. The number of hydrogen-bond donors (Lipinski definition) is 0. The Labute approximate surface area is 122 Å². The molecule has 0 bridgehead atoms. The van der Waals surface area contributed by atoms with Crippen molar-refractivity contribution in [3.63, 3.8) is 0 Å². The van der Waals surface area contributed by atoms with Crippen molar-refractivity contribution in [3.8, 4) is 0 Å². The van der Waals surface area contributed by atoms with Gasteiger partial charge in [0.05, 0.1) is 6.54 Å². The number of nitrogens with zero attached hydrogens (tertiary/aromatic N) is 1. The van der Waals surface area contributed by atoms with Crippen LogP contribution in [0.3, 0.4) is 0 Å². The molecule has 1 aromatic carbocycles. The maximum atomic E-state index is 13.2. The number of carbonyl (C=O) groups excluding carboxylic acids is 2. The number of Topliss-reactive ketones (excluding diaryl/α,β-unsaturated/α-hetero) is 1. The zero-order chi connectivity index (χ0) is 15.6. The second-order valence-corrected chi connectivity index (χ2v) is 6.28. The quantitative estimate of drug-likeness (QED) is 0.803. The molecule has 3 nitrogen and oxygen atoms in total. The van der Waals surface area contributed by atoms with Gasteiger partial charge in [0.25, 0.3) is 0 Å². The molecule has 1 aliphatic heterocycles. The first-order chi connectivity index (χ1) is 9.78. The van der Waals surface area contributed by atoms with Crippen LogP contribution in [0.2, 0.25) is 0 Å². The van der Waals surface area contributed by atoms with Crippen molar-refractivity contribution in [2.45, 2.75) is 33.1 Å². The van der Waals surface area contributed by atoms with E-state index in [1.165, 1.54) is 11.0 Å². The van der Waals surface area contributed by atoms with Gasteiger partial charge in [0.15, 0.2) is 17.4 Å². The Bertz CT molecular complexity index is 569. The Balaban J connectivity index is 2.07. The maximum absolute atomic E-state index is 13.2. The van der Waals surface area contributed by atoms with E-state index in [4.69, 9.17) is 0 Å². The summed E-state index contributed by atoms with van der Waals surface area (Å²) in [5.74, 6) is -2.47. The lowest BCUT2D eigenvalue weighted by Gasteiger charge is -2.23. The molecule has 1 heterocycles. The van der Waals surface area contributed by atoms with E-state index in [0.717, 1.165) is 25.0 Å². The number of carbonyl (C=O) groups is 2. The Morgan fingerprint density at radius 1 is 1.24 bits per heavy atom. The first-order valence-corrected chi connectivity index (χ1v) is 7.04. The third-order valence-corrected chi connectivity index (χ3v) is 4.00. The molecule has 0 aromatic heterocycles. The van der Waals surface area contributed by atoms with Crippen molar-refractivity contribution in [3.05, 3.63) is 35.4 Å². The summed E-state index contributed by atoms with van der Waals surface area (Å²) in [6.07, 6.45) is 2.03. The molecule has 0 atom stereocenters. The summed E-state index contributed by atoms with van der Waals surface area (Å²) < 4.78 is 26.0. The van der Waals surface area contributed by atoms with E-state index in [1.54, 1.807) is 0 Å². The zero-order valence-electron chi connectivity index (χ0n) is 12.3. The molecule has 0 saturated carbocycles. The van der Waals surface area contributed by atoms with Gasteiger partial charge in [0.1, 0.15) is 0 Å². The summed E-state index contributed by atoms with van der Waals surface area (Å²) in [4.78, 5) is 25.7. The van der Waals surface area contributed by atoms with Crippen LogP contribution < -0.4 is 0 Å². The van der Waals surface area contributed by atoms with Crippen LogP contribution in [0, 0.1) is 17.0 Å². The van der Waals surface area contributed by atoms with E-state index < -0.39 is 11.6 Å². The van der Waals surface area contributed by atoms with Gasteiger partial charge in [-0.1, -0.05) is 13.8 Å². The van der Waals surface area contributed by atoms with E-state index in [9.17, 15) is 18.4 Å². The molecule has 0 radical (unpaired) electrons. The van der Waals surface area contributed by atoms with E-state index in [0.29, 0.717) is 13.0 Å². The number of rotatable bonds is 3. The Hall–Kier alpha value is -1.78. The average molecular weight is 295 g/mol. The van der Waals surface area contributed by atoms with Crippen LogP contribution >= 0.6 is 0 Å². The minimum atomic E-state index is -1.05.